The predicted octanol–water partition coefficient (Wildman–Crippen LogP) is 5.46. The van der Waals surface area contributed by atoms with E-state index in [1.165, 1.54) is 11.3 Å². The number of hydrogen-bond acceptors (Lipinski definition) is 7. The molecule has 2 aromatic rings. The van der Waals surface area contributed by atoms with Crippen LogP contribution < -0.4 is 4.74 Å². The maximum Gasteiger partial charge on any atom is 0.309 e. The second-order valence-electron chi connectivity index (χ2n) is 8.95. The number of benzene rings is 1. The fourth-order valence-corrected chi connectivity index (χ4v) is 6.46. The Morgan fingerprint density at radius 1 is 1.16 bits per heavy atom. The number of thiophene rings is 1. The fourth-order valence-electron chi connectivity index (χ4n) is 3.38. The number of carbonyl (C=O) groups excluding carboxylic acids is 1. The molecule has 1 aromatic carbocycles. The zero-order chi connectivity index (χ0) is 23.4. The number of esters is 1. The number of carbonyl (C=O) groups is 1. The van der Waals surface area contributed by atoms with Crippen molar-refractivity contribution in [3.05, 3.63) is 36.4 Å². The molecule has 2 unspecified atom stereocenters. The minimum Gasteiger partial charge on any atom is -0.494 e. The predicted molar refractivity (Wildman–Crippen MR) is 126 cm³/mol. The molecule has 3 rings (SSSR count). The van der Waals surface area contributed by atoms with Gasteiger partial charge in [-0.25, -0.2) is 8.42 Å². The maximum absolute atomic E-state index is 13.2. The van der Waals surface area contributed by atoms with E-state index in [0.29, 0.717) is 13.0 Å². The molecule has 1 aromatic heterocycles. The number of sulfone groups is 1. The van der Waals surface area contributed by atoms with Crippen LogP contribution in [0.5, 0.6) is 5.75 Å². The van der Waals surface area contributed by atoms with E-state index < -0.39 is 26.8 Å². The first kappa shape index (κ1) is 24.7. The standard InChI is InChI=1S/C24H32O6S2/c1-5-6-14-28-19-9-7-17(8-10-19)20-11-12-22(31-20)32(26,27)21-16-18(13-15-29-21)23(25)30-24(2,3)4/h7-12,18,21H,5-6,13-16H2,1-4H3. The fraction of sp³-hybridized carbons (Fsp3) is 0.542. The molecule has 1 aliphatic rings. The smallest absolute Gasteiger partial charge is 0.309 e. The van der Waals surface area contributed by atoms with Crippen molar-refractivity contribution in [3.8, 4) is 16.2 Å². The van der Waals surface area contributed by atoms with Crippen molar-refractivity contribution in [2.45, 2.75) is 68.6 Å². The summed E-state index contributed by atoms with van der Waals surface area (Å²) in [7, 11) is -3.72. The summed E-state index contributed by atoms with van der Waals surface area (Å²) in [6.45, 7) is 8.42. The van der Waals surface area contributed by atoms with E-state index in [1.54, 1.807) is 32.9 Å². The van der Waals surface area contributed by atoms with E-state index in [9.17, 15) is 13.2 Å². The molecular formula is C24H32O6S2. The number of unbranched alkanes of at least 4 members (excludes halogenated alkanes) is 1. The highest BCUT2D eigenvalue weighted by Crippen LogP contribution is 2.36. The van der Waals surface area contributed by atoms with Gasteiger partial charge in [-0.05, 0) is 75.6 Å². The highest BCUT2D eigenvalue weighted by molar-refractivity contribution is 7.94. The van der Waals surface area contributed by atoms with Crippen LogP contribution in [-0.2, 0) is 24.1 Å². The molecular weight excluding hydrogens is 448 g/mol. The summed E-state index contributed by atoms with van der Waals surface area (Å²) < 4.78 is 43.4. The molecule has 2 heterocycles. The monoisotopic (exact) mass is 480 g/mol. The van der Waals surface area contributed by atoms with Gasteiger partial charge >= 0.3 is 5.97 Å². The van der Waals surface area contributed by atoms with Crippen LogP contribution in [0.25, 0.3) is 10.4 Å². The van der Waals surface area contributed by atoms with Crippen LogP contribution in [0.4, 0.5) is 0 Å². The minimum atomic E-state index is -3.72. The number of hydrogen-bond donors (Lipinski definition) is 0. The van der Waals surface area contributed by atoms with Gasteiger partial charge in [-0.2, -0.15) is 0 Å². The zero-order valence-electron chi connectivity index (χ0n) is 19.1. The van der Waals surface area contributed by atoms with E-state index in [-0.39, 0.29) is 23.2 Å². The minimum absolute atomic E-state index is 0.105. The first-order valence-corrected chi connectivity index (χ1v) is 13.4. The molecule has 0 aliphatic carbocycles. The van der Waals surface area contributed by atoms with E-state index in [4.69, 9.17) is 14.2 Å². The van der Waals surface area contributed by atoms with Crippen molar-refractivity contribution in [1.82, 2.24) is 0 Å². The Morgan fingerprint density at radius 3 is 2.53 bits per heavy atom. The van der Waals surface area contributed by atoms with Crippen LogP contribution in [0.3, 0.4) is 0 Å². The molecule has 1 saturated heterocycles. The molecule has 0 spiro atoms. The first-order valence-electron chi connectivity index (χ1n) is 11.0. The highest BCUT2D eigenvalue weighted by Gasteiger charge is 2.39. The van der Waals surface area contributed by atoms with Gasteiger partial charge in [-0.3, -0.25) is 4.79 Å². The Labute approximate surface area is 194 Å². The van der Waals surface area contributed by atoms with Gasteiger partial charge in [0.25, 0.3) is 0 Å². The van der Waals surface area contributed by atoms with Crippen LogP contribution in [0, 0.1) is 5.92 Å². The van der Waals surface area contributed by atoms with Crippen LogP contribution in [0.2, 0.25) is 0 Å². The molecule has 32 heavy (non-hydrogen) atoms. The Hall–Kier alpha value is -1.90. The second kappa shape index (κ2) is 10.4. The van der Waals surface area contributed by atoms with Gasteiger partial charge in [0.05, 0.1) is 12.5 Å². The largest absolute Gasteiger partial charge is 0.494 e. The SMILES string of the molecule is CCCCOc1ccc(-c2ccc(S(=O)(=O)C3CC(C(=O)OC(C)(C)C)CCO3)s2)cc1. The molecule has 2 atom stereocenters. The molecule has 1 fully saturated rings. The van der Waals surface area contributed by atoms with Gasteiger partial charge in [0.1, 0.15) is 15.6 Å². The van der Waals surface area contributed by atoms with E-state index in [1.807, 2.05) is 24.3 Å². The number of rotatable bonds is 8. The van der Waals surface area contributed by atoms with Crippen LogP contribution in [0.1, 0.15) is 53.4 Å². The van der Waals surface area contributed by atoms with Crippen molar-refractivity contribution < 1.29 is 27.4 Å². The molecule has 0 radical (unpaired) electrons. The van der Waals surface area contributed by atoms with Gasteiger partial charge in [0.2, 0.25) is 9.84 Å². The van der Waals surface area contributed by atoms with Crippen LogP contribution >= 0.6 is 11.3 Å². The average Bonchev–Trinajstić information content (AvgIpc) is 3.24. The Morgan fingerprint density at radius 2 is 1.88 bits per heavy atom. The lowest BCUT2D eigenvalue weighted by atomic mass is 10.00. The third kappa shape index (κ3) is 6.33. The summed E-state index contributed by atoms with van der Waals surface area (Å²) in [6, 6.07) is 11.1. The van der Waals surface area contributed by atoms with Crippen molar-refractivity contribution in [2.75, 3.05) is 13.2 Å². The van der Waals surface area contributed by atoms with Crippen molar-refractivity contribution in [2.24, 2.45) is 5.92 Å². The van der Waals surface area contributed by atoms with E-state index >= 15 is 0 Å². The van der Waals surface area contributed by atoms with Crippen LogP contribution in [-0.4, -0.2) is 38.6 Å². The normalized spacial score (nSPS) is 19.5. The van der Waals surface area contributed by atoms with Gasteiger partial charge in [-0.1, -0.05) is 13.3 Å². The summed E-state index contributed by atoms with van der Waals surface area (Å²) in [4.78, 5) is 13.3. The molecule has 0 bridgehead atoms. The zero-order valence-corrected chi connectivity index (χ0v) is 20.8. The Kier molecular flexibility index (Phi) is 8.01. The highest BCUT2D eigenvalue weighted by atomic mass is 32.2. The molecule has 6 nitrogen and oxygen atoms in total. The Bertz CT molecular complexity index is 1000. The lowest BCUT2D eigenvalue weighted by molar-refractivity contribution is -0.163. The second-order valence-corrected chi connectivity index (χ2v) is 12.3. The quantitative estimate of drug-likeness (QED) is 0.369. The summed E-state index contributed by atoms with van der Waals surface area (Å²) in [5, 5.41) is 0. The van der Waals surface area contributed by atoms with Gasteiger partial charge < -0.3 is 14.2 Å². The van der Waals surface area contributed by atoms with E-state index in [0.717, 1.165) is 29.0 Å². The molecule has 0 saturated carbocycles. The molecule has 176 valence electrons. The summed E-state index contributed by atoms with van der Waals surface area (Å²) in [5.41, 5.74) is -0.728. The lowest BCUT2D eigenvalue weighted by Crippen LogP contribution is -2.38. The van der Waals surface area contributed by atoms with Gasteiger partial charge in [0, 0.05) is 17.9 Å². The first-order chi connectivity index (χ1) is 15.1. The molecule has 0 N–H and O–H groups in total. The van der Waals surface area contributed by atoms with Gasteiger partial charge in [-0.15, -0.1) is 11.3 Å². The number of ether oxygens (including phenoxy) is 3. The third-order valence-electron chi connectivity index (χ3n) is 5.10. The van der Waals surface area contributed by atoms with Crippen molar-refractivity contribution >= 4 is 27.1 Å². The van der Waals surface area contributed by atoms with Gasteiger partial charge in [0.15, 0.2) is 5.44 Å². The summed E-state index contributed by atoms with van der Waals surface area (Å²) >= 11 is 1.21. The summed E-state index contributed by atoms with van der Waals surface area (Å²) in [5.74, 6) is -0.0491. The average molecular weight is 481 g/mol. The van der Waals surface area contributed by atoms with Crippen LogP contribution in [0.15, 0.2) is 40.6 Å². The molecule has 1 aliphatic heterocycles. The van der Waals surface area contributed by atoms with Crippen molar-refractivity contribution in [3.63, 3.8) is 0 Å². The van der Waals surface area contributed by atoms with Crippen molar-refractivity contribution in [1.29, 1.82) is 0 Å². The molecule has 0 amide bonds. The lowest BCUT2D eigenvalue weighted by Gasteiger charge is -2.30. The third-order valence-corrected chi connectivity index (χ3v) is 8.69. The molecule has 8 heteroatoms. The topological polar surface area (TPSA) is 78.9 Å². The maximum atomic E-state index is 13.2. The Balaban J connectivity index is 1.69. The summed E-state index contributed by atoms with van der Waals surface area (Å²) in [6.07, 6.45) is 2.65. The van der Waals surface area contributed by atoms with E-state index in [2.05, 4.69) is 6.92 Å².